The summed E-state index contributed by atoms with van der Waals surface area (Å²) >= 11 is 0. The number of hydrogen-bond acceptors (Lipinski definition) is 15. The zero-order valence-corrected chi connectivity index (χ0v) is 62.2. The molecule has 93 heavy (non-hydrogen) atoms. The molecule has 0 aromatic heterocycles. The first-order valence-electron chi connectivity index (χ1n) is 38.6. The molecule has 2 unspecified atom stereocenters. The molecular weight excluding hydrogens is 1220 g/mol. The lowest BCUT2D eigenvalue weighted by atomic mass is 10.0. The van der Waals surface area contributed by atoms with Crippen molar-refractivity contribution >= 4 is 39.5 Å². The fourth-order valence-electron chi connectivity index (χ4n) is 11.4. The van der Waals surface area contributed by atoms with E-state index in [0.717, 1.165) is 109 Å². The second-order valence-corrected chi connectivity index (χ2v) is 30.1. The molecule has 5 atom stereocenters. The maximum atomic E-state index is 13.1. The van der Waals surface area contributed by atoms with Gasteiger partial charge >= 0.3 is 39.5 Å². The van der Waals surface area contributed by atoms with Crippen LogP contribution in [0.4, 0.5) is 0 Å². The van der Waals surface area contributed by atoms with Gasteiger partial charge in [-0.1, -0.05) is 336 Å². The number of phosphoric ester groups is 2. The molecule has 19 heteroatoms. The van der Waals surface area contributed by atoms with E-state index in [1.54, 1.807) is 0 Å². The van der Waals surface area contributed by atoms with Crippen molar-refractivity contribution in [3.63, 3.8) is 0 Å². The molecule has 3 N–H and O–H groups in total. The largest absolute Gasteiger partial charge is 0.472 e. The van der Waals surface area contributed by atoms with Crippen LogP contribution in [0.5, 0.6) is 0 Å². The Morgan fingerprint density at radius 3 is 0.731 bits per heavy atom. The van der Waals surface area contributed by atoms with Crippen molar-refractivity contribution in [2.24, 2.45) is 5.92 Å². The maximum absolute atomic E-state index is 13.1. The molecule has 0 heterocycles. The molecule has 0 aliphatic heterocycles. The van der Waals surface area contributed by atoms with Crippen LogP contribution in [0.1, 0.15) is 388 Å². The van der Waals surface area contributed by atoms with Gasteiger partial charge in [-0.25, -0.2) is 9.13 Å². The highest BCUT2D eigenvalue weighted by molar-refractivity contribution is 7.47. The summed E-state index contributed by atoms with van der Waals surface area (Å²) in [6.07, 6.45) is 55.5. The van der Waals surface area contributed by atoms with Crippen LogP contribution in [-0.2, 0) is 65.4 Å². The average Bonchev–Trinajstić information content (AvgIpc) is 3.29. The number of phosphoric acid groups is 2. The second-order valence-electron chi connectivity index (χ2n) is 27.2. The standard InChI is InChI=1S/C74H144O17P2/c1-6-9-12-15-18-20-22-24-26-28-30-34-38-43-48-53-58-72(77)85-64-70(91-73(78)59-54-49-44-39-35-31-29-27-25-23-21-19-16-13-10-7-2)66-89-93(82,83)87-62-68(75)61-86-92(80,81)88-65-69(63-84-71(76)57-52-47-41-17-14-11-8-3)90-74(79)60-55-50-45-40-36-32-33-37-42-46-51-56-67(4)5/h67-70,75H,6-66H2,1-5H3,(H,80,81)(H,82,83)/t68-,69+,70+/m0/s1. The van der Waals surface area contributed by atoms with E-state index in [-0.39, 0.29) is 25.7 Å². The molecule has 0 bridgehead atoms. The highest BCUT2D eigenvalue weighted by Crippen LogP contribution is 2.45. The highest BCUT2D eigenvalue weighted by Gasteiger charge is 2.30. The fraction of sp³-hybridized carbons (Fsp3) is 0.946. The zero-order chi connectivity index (χ0) is 68.4. The van der Waals surface area contributed by atoms with Crippen LogP contribution in [0.3, 0.4) is 0 Å². The van der Waals surface area contributed by atoms with Crippen molar-refractivity contribution in [2.75, 3.05) is 39.6 Å². The van der Waals surface area contributed by atoms with Gasteiger partial charge in [0.2, 0.25) is 0 Å². The molecule has 0 saturated heterocycles. The summed E-state index contributed by atoms with van der Waals surface area (Å²) in [4.78, 5) is 72.6. The van der Waals surface area contributed by atoms with E-state index in [9.17, 15) is 43.2 Å². The van der Waals surface area contributed by atoms with E-state index in [1.165, 1.54) is 199 Å². The Balaban J connectivity index is 5.20. The van der Waals surface area contributed by atoms with Crippen LogP contribution in [-0.4, -0.2) is 96.7 Å². The van der Waals surface area contributed by atoms with Crippen LogP contribution in [0.15, 0.2) is 0 Å². The Bertz CT molecular complexity index is 1790. The van der Waals surface area contributed by atoms with Gasteiger partial charge < -0.3 is 33.8 Å². The molecule has 0 saturated carbocycles. The van der Waals surface area contributed by atoms with Crippen LogP contribution < -0.4 is 0 Å². The summed E-state index contributed by atoms with van der Waals surface area (Å²) in [5.41, 5.74) is 0. The number of hydrogen-bond donors (Lipinski definition) is 3. The number of ether oxygens (including phenoxy) is 4. The van der Waals surface area contributed by atoms with Crippen molar-refractivity contribution in [2.45, 2.75) is 406 Å². The smallest absolute Gasteiger partial charge is 0.462 e. The lowest BCUT2D eigenvalue weighted by Gasteiger charge is -2.21. The van der Waals surface area contributed by atoms with Gasteiger partial charge in [0.15, 0.2) is 12.2 Å². The number of aliphatic hydroxyl groups is 1. The van der Waals surface area contributed by atoms with Gasteiger partial charge in [0.05, 0.1) is 26.4 Å². The first-order valence-corrected chi connectivity index (χ1v) is 41.6. The Labute approximate surface area is 568 Å². The molecule has 552 valence electrons. The van der Waals surface area contributed by atoms with Gasteiger partial charge in [0.1, 0.15) is 19.3 Å². The Morgan fingerprint density at radius 2 is 0.495 bits per heavy atom. The molecule has 0 rings (SSSR count). The molecule has 0 aliphatic rings. The van der Waals surface area contributed by atoms with Gasteiger partial charge in [0.25, 0.3) is 0 Å². The summed E-state index contributed by atoms with van der Waals surface area (Å²) in [6.45, 7) is 7.25. The first-order chi connectivity index (χ1) is 45.0. The van der Waals surface area contributed by atoms with E-state index in [1.807, 2.05) is 0 Å². The van der Waals surface area contributed by atoms with Crippen molar-refractivity contribution < 1.29 is 80.2 Å². The Kier molecular flexibility index (Phi) is 65.9. The average molecular weight is 1370 g/mol. The van der Waals surface area contributed by atoms with E-state index < -0.39 is 97.5 Å². The molecule has 0 fully saturated rings. The summed E-state index contributed by atoms with van der Waals surface area (Å²) in [6, 6.07) is 0. The van der Waals surface area contributed by atoms with Gasteiger partial charge in [-0.3, -0.25) is 37.3 Å². The molecule has 0 radical (unpaired) electrons. The van der Waals surface area contributed by atoms with Crippen molar-refractivity contribution in [1.82, 2.24) is 0 Å². The monoisotopic (exact) mass is 1370 g/mol. The van der Waals surface area contributed by atoms with Gasteiger partial charge in [-0.05, 0) is 31.6 Å². The maximum Gasteiger partial charge on any atom is 0.472 e. The van der Waals surface area contributed by atoms with Crippen LogP contribution in [0.2, 0.25) is 0 Å². The predicted octanol–water partition coefficient (Wildman–Crippen LogP) is 21.7. The summed E-state index contributed by atoms with van der Waals surface area (Å²) in [7, 11) is -9.90. The summed E-state index contributed by atoms with van der Waals surface area (Å²) in [5, 5.41) is 10.6. The number of carbonyl (C=O) groups excluding carboxylic acids is 4. The third-order valence-corrected chi connectivity index (χ3v) is 19.2. The molecule has 0 aromatic rings. The zero-order valence-electron chi connectivity index (χ0n) is 60.4. The Morgan fingerprint density at radius 1 is 0.290 bits per heavy atom. The highest BCUT2D eigenvalue weighted by atomic mass is 31.2. The number of unbranched alkanes of at least 4 members (excludes halogenated alkanes) is 46. The van der Waals surface area contributed by atoms with Crippen LogP contribution in [0.25, 0.3) is 0 Å². The van der Waals surface area contributed by atoms with E-state index in [2.05, 4.69) is 34.6 Å². The van der Waals surface area contributed by atoms with Crippen LogP contribution >= 0.6 is 15.6 Å². The van der Waals surface area contributed by atoms with Gasteiger partial charge in [-0.15, -0.1) is 0 Å². The van der Waals surface area contributed by atoms with Crippen molar-refractivity contribution in [3.05, 3.63) is 0 Å². The fourth-order valence-corrected chi connectivity index (χ4v) is 12.9. The number of rotatable bonds is 74. The molecule has 0 spiro atoms. The SMILES string of the molecule is CCCCCCCCCCCCCCCCCCC(=O)OC[C@H](COP(=O)(O)OC[C@@H](O)COP(=O)(O)OC[C@@H](COC(=O)CCCCCCCCC)OC(=O)CCCCCCCCCCCCCC(C)C)OC(=O)CCCCCCCCCCCCCCCCCC. The molecule has 0 aliphatic carbocycles. The van der Waals surface area contributed by atoms with Crippen LogP contribution in [0, 0.1) is 5.92 Å². The number of esters is 4. The number of aliphatic hydroxyl groups excluding tert-OH is 1. The minimum absolute atomic E-state index is 0.106. The first kappa shape index (κ1) is 91.1. The Hall–Kier alpha value is -1.94. The molecule has 0 amide bonds. The normalized spacial score (nSPS) is 14.0. The topological polar surface area (TPSA) is 237 Å². The number of carbonyl (C=O) groups is 4. The van der Waals surface area contributed by atoms with E-state index in [4.69, 9.17) is 37.0 Å². The molecular formula is C74H144O17P2. The third kappa shape index (κ3) is 68.4. The molecule has 17 nitrogen and oxygen atoms in total. The second kappa shape index (κ2) is 67.3. The summed E-state index contributed by atoms with van der Waals surface area (Å²) in [5.74, 6) is -1.35. The summed E-state index contributed by atoms with van der Waals surface area (Å²) < 4.78 is 68.4. The predicted molar refractivity (Wildman–Crippen MR) is 377 cm³/mol. The lowest BCUT2D eigenvalue weighted by molar-refractivity contribution is -0.161. The van der Waals surface area contributed by atoms with Crippen molar-refractivity contribution in [1.29, 1.82) is 0 Å². The molecule has 0 aromatic carbocycles. The van der Waals surface area contributed by atoms with E-state index >= 15 is 0 Å². The van der Waals surface area contributed by atoms with Gasteiger partial charge in [0, 0.05) is 25.7 Å². The third-order valence-electron chi connectivity index (χ3n) is 17.3. The minimum atomic E-state index is -4.95. The van der Waals surface area contributed by atoms with E-state index in [0.29, 0.717) is 25.7 Å². The quantitative estimate of drug-likeness (QED) is 0.0222. The van der Waals surface area contributed by atoms with Crippen molar-refractivity contribution in [3.8, 4) is 0 Å². The lowest BCUT2D eigenvalue weighted by Crippen LogP contribution is -2.30. The minimum Gasteiger partial charge on any atom is -0.462 e. The van der Waals surface area contributed by atoms with Gasteiger partial charge in [-0.2, -0.15) is 0 Å².